The Labute approximate surface area is 152 Å². The van der Waals surface area contributed by atoms with Crippen molar-refractivity contribution in [1.82, 2.24) is 0 Å². The number of nitrogens with zero attached hydrogens (tertiary/aromatic N) is 1. The predicted octanol–water partition coefficient (Wildman–Crippen LogP) is 5.48. The summed E-state index contributed by atoms with van der Waals surface area (Å²) in [5.74, 6) is 0.0840. The van der Waals surface area contributed by atoms with Crippen molar-refractivity contribution in [3.8, 4) is 22.9 Å². The van der Waals surface area contributed by atoms with Gasteiger partial charge in [-0.25, -0.2) is 4.79 Å². The number of esters is 1. The summed E-state index contributed by atoms with van der Waals surface area (Å²) in [5, 5.41) is 8.85. The number of allylic oxidation sites excluding steroid dienone is 1. The van der Waals surface area contributed by atoms with Crippen LogP contribution in [0.1, 0.15) is 28.4 Å². The Hall–Kier alpha value is -3.64. The fourth-order valence-corrected chi connectivity index (χ4v) is 2.51. The minimum absolute atomic E-state index is 0.399. The molecule has 3 aromatic rings. The van der Waals surface area contributed by atoms with Gasteiger partial charge in [0.1, 0.15) is 5.75 Å². The highest BCUT2D eigenvalue weighted by atomic mass is 16.5. The van der Waals surface area contributed by atoms with Crippen LogP contribution in [0.2, 0.25) is 0 Å². The Morgan fingerprint density at radius 2 is 1.35 bits per heavy atom. The smallest absolute Gasteiger partial charge is 0.343 e. The second-order valence-corrected chi connectivity index (χ2v) is 5.96. The van der Waals surface area contributed by atoms with E-state index in [1.807, 2.05) is 43.3 Å². The Morgan fingerprint density at radius 3 is 1.85 bits per heavy atom. The summed E-state index contributed by atoms with van der Waals surface area (Å²) in [6, 6.07) is 23.9. The van der Waals surface area contributed by atoms with Crippen LogP contribution in [0.5, 0.6) is 5.75 Å². The molecule has 0 aliphatic heterocycles. The maximum absolute atomic E-state index is 12.2. The van der Waals surface area contributed by atoms with E-state index in [1.165, 1.54) is 0 Å². The highest BCUT2D eigenvalue weighted by Crippen LogP contribution is 2.23. The number of carbonyl (C=O) groups excluding carboxylic acids is 1. The first-order chi connectivity index (χ1) is 12.6. The van der Waals surface area contributed by atoms with E-state index in [4.69, 9.17) is 10.00 Å². The van der Waals surface area contributed by atoms with Gasteiger partial charge in [-0.15, -0.1) is 0 Å². The summed E-state index contributed by atoms with van der Waals surface area (Å²) in [7, 11) is 0. The minimum atomic E-state index is -0.399. The van der Waals surface area contributed by atoms with Crippen LogP contribution < -0.4 is 4.74 Å². The molecule has 0 aliphatic carbocycles. The van der Waals surface area contributed by atoms with Gasteiger partial charge in [-0.05, 0) is 60.0 Å². The molecule has 0 aromatic heterocycles. The van der Waals surface area contributed by atoms with E-state index in [1.54, 1.807) is 36.4 Å². The zero-order chi connectivity index (χ0) is 18.5. The molecule has 0 fully saturated rings. The molecular weight excluding hydrogens is 322 g/mol. The molecule has 0 saturated heterocycles. The van der Waals surface area contributed by atoms with Crippen molar-refractivity contribution in [2.75, 3.05) is 0 Å². The van der Waals surface area contributed by atoms with E-state index in [0.717, 1.165) is 22.3 Å². The van der Waals surface area contributed by atoms with Gasteiger partial charge in [0.2, 0.25) is 0 Å². The monoisotopic (exact) mass is 339 g/mol. The van der Waals surface area contributed by atoms with Crippen LogP contribution in [0.3, 0.4) is 0 Å². The van der Waals surface area contributed by atoms with Crippen molar-refractivity contribution in [2.24, 2.45) is 0 Å². The number of hydrogen-bond donors (Lipinski definition) is 0. The Morgan fingerprint density at radius 1 is 0.846 bits per heavy atom. The lowest BCUT2D eigenvalue weighted by atomic mass is 10.0. The molecule has 0 saturated carbocycles. The SMILES string of the molecule is C=C(C)c1ccc(C(=O)Oc2ccc(-c3ccc(C#N)cc3)cc2)cc1. The number of rotatable bonds is 4. The Kier molecular flexibility index (Phi) is 4.96. The van der Waals surface area contributed by atoms with Crippen molar-refractivity contribution < 1.29 is 9.53 Å². The number of nitriles is 1. The molecule has 3 rings (SSSR count). The molecule has 0 N–H and O–H groups in total. The van der Waals surface area contributed by atoms with Gasteiger partial charge in [0.05, 0.1) is 17.2 Å². The molecule has 3 heteroatoms. The van der Waals surface area contributed by atoms with Crippen LogP contribution in [0.4, 0.5) is 0 Å². The summed E-state index contributed by atoms with van der Waals surface area (Å²) in [6.45, 7) is 5.80. The maximum Gasteiger partial charge on any atom is 0.343 e. The van der Waals surface area contributed by atoms with Crippen molar-refractivity contribution in [3.63, 3.8) is 0 Å². The third-order valence-corrected chi connectivity index (χ3v) is 4.03. The van der Waals surface area contributed by atoms with E-state index in [-0.39, 0.29) is 0 Å². The van der Waals surface area contributed by atoms with E-state index in [0.29, 0.717) is 16.9 Å². The fourth-order valence-electron chi connectivity index (χ4n) is 2.51. The Bertz CT molecular complexity index is 976. The standard InChI is InChI=1S/C23H17NO2/c1-16(2)18-7-9-21(10-8-18)23(25)26-22-13-11-20(12-14-22)19-5-3-17(15-24)4-6-19/h3-14H,1H2,2H3. The summed E-state index contributed by atoms with van der Waals surface area (Å²) >= 11 is 0. The van der Waals surface area contributed by atoms with Crippen LogP contribution in [-0.4, -0.2) is 5.97 Å². The molecule has 3 nitrogen and oxygen atoms in total. The molecule has 0 spiro atoms. The third-order valence-electron chi connectivity index (χ3n) is 4.03. The first-order valence-corrected chi connectivity index (χ1v) is 8.15. The first kappa shape index (κ1) is 17.2. The lowest BCUT2D eigenvalue weighted by Crippen LogP contribution is -2.08. The largest absolute Gasteiger partial charge is 0.423 e. The fraction of sp³-hybridized carbons (Fsp3) is 0.0435. The third kappa shape index (κ3) is 3.88. The van der Waals surface area contributed by atoms with Crippen molar-refractivity contribution >= 4 is 11.5 Å². The van der Waals surface area contributed by atoms with Gasteiger partial charge in [-0.3, -0.25) is 0 Å². The van der Waals surface area contributed by atoms with Crippen molar-refractivity contribution in [3.05, 3.63) is 96.1 Å². The molecule has 0 atom stereocenters. The molecular formula is C23H17NO2. The highest BCUT2D eigenvalue weighted by molar-refractivity contribution is 5.91. The van der Waals surface area contributed by atoms with Gasteiger partial charge < -0.3 is 4.74 Å². The quantitative estimate of drug-likeness (QED) is 0.467. The molecule has 0 aliphatic rings. The van der Waals surface area contributed by atoms with Crippen molar-refractivity contribution in [2.45, 2.75) is 6.92 Å². The molecule has 26 heavy (non-hydrogen) atoms. The Balaban J connectivity index is 1.71. The van der Waals surface area contributed by atoms with Crippen LogP contribution >= 0.6 is 0 Å². The van der Waals surface area contributed by atoms with Gasteiger partial charge in [-0.2, -0.15) is 5.26 Å². The van der Waals surface area contributed by atoms with Gasteiger partial charge >= 0.3 is 5.97 Å². The summed E-state index contributed by atoms with van der Waals surface area (Å²) in [6.07, 6.45) is 0. The van der Waals surface area contributed by atoms with Gasteiger partial charge in [-0.1, -0.05) is 48.6 Å². The highest BCUT2D eigenvalue weighted by Gasteiger charge is 2.09. The topological polar surface area (TPSA) is 50.1 Å². The number of carbonyl (C=O) groups is 1. The lowest BCUT2D eigenvalue weighted by Gasteiger charge is -2.07. The molecule has 0 heterocycles. The van der Waals surface area contributed by atoms with Gasteiger partial charge in [0.15, 0.2) is 0 Å². The van der Waals surface area contributed by atoms with E-state index in [9.17, 15) is 4.79 Å². The van der Waals surface area contributed by atoms with Crippen LogP contribution in [-0.2, 0) is 0 Å². The molecule has 0 bridgehead atoms. The molecule has 0 unspecified atom stereocenters. The summed E-state index contributed by atoms with van der Waals surface area (Å²) in [4.78, 5) is 12.2. The van der Waals surface area contributed by atoms with Crippen LogP contribution in [0.25, 0.3) is 16.7 Å². The normalized spacial score (nSPS) is 10.0. The van der Waals surface area contributed by atoms with E-state index >= 15 is 0 Å². The molecule has 0 amide bonds. The van der Waals surface area contributed by atoms with Gasteiger partial charge in [0.25, 0.3) is 0 Å². The number of hydrogen-bond acceptors (Lipinski definition) is 3. The zero-order valence-electron chi connectivity index (χ0n) is 14.4. The molecule has 0 radical (unpaired) electrons. The predicted molar refractivity (Wildman–Crippen MR) is 103 cm³/mol. The van der Waals surface area contributed by atoms with E-state index < -0.39 is 5.97 Å². The molecule has 3 aromatic carbocycles. The minimum Gasteiger partial charge on any atom is -0.423 e. The van der Waals surface area contributed by atoms with Gasteiger partial charge in [0, 0.05) is 0 Å². The maximum atomic E-state index is 12.2. The summed E-state index contributed by atoms with van der Waals surface area (Å²) in [5.41, 5.74) is 5.04. The van der Waals surface area contributed by atoms with Crippen LogP contribution in [0, 0.1) is 11.3 Å². The zero-order valence-corrected chi connectivity index (χ0v) is 14.4. The second kappa shape index (κ2) is 7.50. The average molecular weight is 339 g/mol. The van der Waals surface area contributed by atoms with Crippen LogP contribution in [0.15, 0.2) is 79.4 Å². The average Bonchev–Trinajstić information content (AvgIpc) is 2.68. The second-order valence-electron chi connectivity index (χ2n) is 5.96. The number of benzene rings is 3. The lowest BCUT2D eigenvalue weighted by molar-refractivity contribution is 0.0735. The first-order valence-electron chi connectivity index (χ1n) is 8.15. The summed E-state index contributed by atoms with van der Waals surface area (Å²) < 4.78 is 5.42. The van der Waals surface area contributed by atoms with Crippen molar-refractivity contribution in [1.29, 1.82) is 5.26 Å². The molecule has 126 valence electrons. The van der Waals surface area contributed by atoms with E-state index in [2.05, 4.69) is 12.6 Å². The number of ether oxygens (including phenoxy) is 1.